The van der Waals surface area contributed by atoms with Crippen LogP contribution in [0, 0.1) is 5.92 Å². The number of aromatic nitrogens is 1. The summed E-state index contributed by atoms with van der Waals surface area (Å²) in [6, 6.07) is 0.193. The van der Waals surface area contributed by atoms with Crippen LogP contribution in [0.15, 0.2) is 0 Å². The van der Waals surface area contributed by atoms with Crippen LogP contribution in [-0.4, -0.2) is 34.9 Å². The van der Waals surface area contributed by atoms with Crippen LogP contribution in [0.3, 0.4) is 0 Å². The molecule has 5 nitrogen and oxygen atoms in total. The molecular formula is C15H24N4OS. The fraction of sp³-hybridized carbons (Fsp3) is 0.733. The molecule has 3 N–H and O–H groups in total. The molecule has 1 aromatic rings. The van der Waals surface area contributed by atoms with Crippen LogP contribution in [0.25, 0.3) is 0 Å². The maximum atomic E-state index is 12.1. The normalized spacial score (nSPS) is 25.8. The lowest BCUT2D eigenvalue weighted by molar-refractivity contribution is -0.117. The van der Waals surface area contributed by atoms with Crippen molar-refractivity contribution in [3.05, 3.63) is 10.6 Å². The Bertz CT molecular complexity index is 516. The molecule has 6 heteroatoms. The van der Waals surface area contributed by atoms with Gasteiger partial charge >= 0.3 is 0 Å². The standard InChI is InChI=1S/C15H24N4OS/c1-2-19-7-6-12-13(9-19)21-15(17-12)18-14(20)8-10-4-3-5-11(10)16/h10-11H,2-9,16H2,1H3,(H,17,18,20)/t10-,11+/m0/s1. The third kappa shape index (κ3) is 3.44. The van der Waals surface area contributed by atoms with Crippen molar-refractivity contribution in [2.75, 3.05) is 18.4 Å². The lowest BCUT2D eigenvalue weighted by Gasteiger charge is -2.23. The summed E-state index contributed by atoms with van der Waals surface area (Å²) in [7, 11) is 0. The SMILES string of the molecule is CCN1CCc2nc(NC(=O)C[C@@H]3CCC[C@H]3N)sc2C1. The molecule has 1 aromatic heterocycles. The smallest absolute Gasteiger partial charge is 0.226 e. The van der Waals surface area contributed by atoms with Crippen LogP contribution in [-0.2, 0) is 17.8 Å². The average Bonchev–Trinajstić information content (AvgIpc) is 3.04. The molecule has 1 aliphatic heterocycles. The highest BCUT2D eigenvalue weighted by atomic mass is 32.1. The van der Waals surface area contributed by atoms with Gasteiger partial charge in [0, 0.05) is 36.9 Å². The lowest BCUT2D eigenvalue weighted by atomic mass is 10.00. The zero-order valence-electron chi connectivity index (χ0n) is 12.6. The Balaban J connectivity index is 1.58. The Kier molecular flexibility index (Phi) is 4.57. The number of nitrogens with one attached hydrogen (secondary N) is 1. The number of thiazole rings is 1. The number of amides is 1. The second kappa shape index (κ2) is 6.42. The van der Waals surface area contributed by atoms with Crippen LogP contribution in [0.5, 0.6) is 0 Å². The van der Waals surface area contributed by atoms with Crippen molar-refractivity contribution in [2.45, 2.75) is 51.6 Å². The molecule has 0 spiro atoms. The van der Waals surface area contributed by atoms with Crippen molar-refractivity contribution in [1.82, 2.24) is 9.88 Å². The second-order valence-corrected chi connectivity index (χ2v) is 7.20. The monoisotopic (exact) mass is 308 g/mol. The molecule has 116 valence electrons. The van der Waals surface area contributed by atoms with E-state index in [1.54, 1.807) is 11.3 Å². The Hall–Kier alpha value is -0.980. The first-order valence-corrected chi connectivity index (χ1v) is 8.73. The van der Waals surface area contributed by atoms with Gasteiger partial charge in [0.05, 0.1) is 5.69 Å². The van der Waals surface area contributed by atoms with Gasteiger partial charge in [0.15, 0.2) is 5.13 Å². The topological polar surface area (TPSA) is 71.2 Å². The summed E-state index contributed by atoms with van der Waals surface area (Å²) in [5.41, 5.74) is 7.20. The van der Waals surface area contributed by atoms with E-state index in [2.05, 4.69) is 22.1 Å². The van der Waals surface area contributed by atoms with E-state index in [9.17, 15) is 4.79 Å². The molecule has 1 aliphatic carbocycles. The zero-order valence-corrected chi connectivity index (χ0v) is 13.4. The Morgan fingerprint density at radius 3 is 3.10 bits per heavy atom. The molecule has 0 radical (unpaired) electrons. The largest absolute Gasteiger partial charge is 0.327 e. The maximum absolute atomic E-state index is 12.1. The predicted molar refractivity (Wildman–Crippen MR) is 85.3 cm³/mol. The maximum Gasteiger partial charge on any atom is 0.226 e. The highest BCUT2D eigenvalue weighted by Gasteiger charge is 2.27. The van der Waals surface area contributed by atoms with Crippen molar-refractivity contribution in [1.29, 1.82) is 0 Å². The summed E-state index contributed by atoms with van der Waals surface area (Å²) in [6.45, 7) is 5.28. The predicted octanol–water partition coefficient (Wildman–Crippen LogP) is 1.98. The number of carbonyl (C=O) groups excluding carboxylic acids is 1. The van der Waals surface area contributed by atoms with Crippen molar-refractivity contribution >= 4 is 22.4 Å². The Morgan fingerprint density at radius 1 is 1.52 bits per heavy atom. The van der Waals surface area contributed by atoms with Crippen molar-refractivity contribution < 1.29 is 4.79 Å². The van der Waals surface area contributed by atoms with Gasteiger partial charge in [-0.3, -0.25) is 9.69 Å². The molecule has 0 saturated heterocycles. The van der Waals surface area contributed by atoms with Crippen molar-refractivity contribution in [2.24, 2.45) is 11.7 Å². The van der Waals surface area contributed by atoms with Gasteiger partial charge in [0.1, 0.15) is 0 Å². The number of rotatable bonds is 4. The molecule has 2 atom stereocenters. The fourth-order valence-corrected chi connectivity index (χ4v) is 4.37. The van der Waals surface area contributed by atoms with E-state index >= 15 is 0 Å². The first kappa shape index (κ1) is 14.9. The third-order valence-electron chi connectivity index (χ3n) is 4.67. The minimum Gasteiger partial charge on any atom is -0.327 e. The highest BCUT2D eigenvalue weighted by molar-refractivity contribution is 7.15. The average molecular weight is 308 g/mol. The van der Waals surface area contributed by atoms with Gasteiger partial charge in [-0.25, -0.2) is 4.98 Å². The van der Waals surface area contributed by atoms with E-state index < -0.39 is 0 Å². The number of hydrogen-bond acceptors (Lipinski definition) is 5. The Morgan fingerprint density at radius 2 is 2.38 bits per heavy atom. The van der Waals surface area contributed by atoms with Gasteiger partial charge in [-0.1, -0.05) is 13.3 Å². The second-order valence-electron chi connectivity index (χ2n) is 6.11. The van der Waals surface area contributed by atoms with Crippen LogP contribution in [0.2, 0.25) is 0 Å². The molecular weight excluding hydrogens is 284 g/mol. The lowest BCUT2D eigenvalue weighted by Crippen LogP contribution is -2.29. The number of fused-ring (bicyclic) bond motifs is 1. The first-order valence-electron chi connectivity index (χ1n) is 7.92. The van der Waals surface area contributed by atoms with Crippen LogP contribution < -0.4 is 11.1 Å². The molecule has 1 saturated carbocycles. The van der Waals surface area contributed by atoms with Crippen LogP contribution in [0.1, 0.15) is 43.2 Å². The molecule has 3 rings (SSSR count). The van der Waals surface area contributed by atoms with Gasteiger partial charge in [-0.2, -0.15) is 0 Å². The van der Waals surface area contributed by atoms with Gasteiger partial charge in [-0.05, 0) is 25.3 Å². The van der Waals surface area contributed by atoms with E-state index in [1.807, 2.05) is 0 Å². The first-order chi connectivity index (χ1) is 10.2. The summed E-state index contributed by atoms with van der Waals surface area (Å²) < 4.78 is 0. The molecule has 0 aromatic carbocycles. The van der Waals surface area contributed by atoms with Crippen LogP contribution in [0.4, 0.5) is 5.13 Å². The van der Waals surface area contributed by atoms with E-state index in [-0.39, 0.29) is 11.9 Å². The minimum absolute atomic E-state index is 0.0656. The highest BCUT2D eigenvalue weighted by Crippen LogP contribution is 2.30. The molecule has 2 aliphatic rings. The Labute approximate surface area is 129 Å². The van der Waals surface area contributed by atoms with E-state index in [0.717, 1.165) is 56.1 Å². The number of hydrogen-bond donors (Lipinski definition) is 2. The van der Waals surface area contributed by atoms with E-state index in [0.29, 0.717) is 12.3 Å². The van der Waals surface area contributed by atoms with Crippen LogP contribution >= 0.6 is 11.3 Å². The summed E-state index contributed by atoms with van der Waals surface area (Å²) in [5.74, 6) is 0.408. The third-order valence-corrected chi connectivity index (χ3v) is 5.67. The number of carbonyl (C=O) groups is 1. The molecule has 1 amide bonds. The summed E-state index contributed by atoms with van der Waals surface area (Å²) in [5, 5.41) is 3.73. The van der Waals surface area contributed by atoms with Gasteiger partial charge in [0.25, 0.3) is 0 Å². The zero-order chi connectivity index (χ0) is 14.8. The van der Waals surface area contributed by atoms with Crippen molar-refractivity contribution in [3.63, 3.8) is 0 Å². The van der Waals surface area contributed by atoms with E-state index in [4.69, 9.17) is 5.73 Å². The van der Waals surface area contributed by atoms with E-state index in [1.165, 1.54) is 4.88 Å². The van der Waals surface area contributed by atoms with Crippen molar-refractivity contribution in [3.8, 4) is 0 Å². The number of likely N-dealkylation sites (N-methyl/N-ethyl adjacent to an activating group) is 1. The summed E-state index contributed by atoms with van der Waals surface area (Å²) in [4.78, 5) is 20.4. The van der Waals surface area contributed by atoms with Gasteiger partial charge < -0.3 is 11.1 Å². The molecule has 2 heterocycles. The quantitative estimate of drug-likeness (QED) is 0.892. The van der Waals surface area contributed by atoms with Gasteiger partial charge in [-0.15, -0.1) is 11.3 Å². The molecule has 0 unspecified atom stereocenters. The fourth-order valence-electron chi connectivity index (χ4n) is 3.30. The summed E-state index contributed by atoms with van der Waals surface area (Å²) >= 11 is 1.63. The molecule has 21 heavy (non-hydrogen) atoms. The number of nitrogens with zero attached hydrogens (tertiary/aromatic N) is 2. The molecule has 0 bridgehead atoms. The van der Waals surface area contributed by atoms with Gasteiger partial charge in [0.2, 0.25) is 5.91 Å². The number of anilines is 1. The minimum atomic E-state index is 0.0656. The summed E-state index contributed by atoms with van der Waals surface area (Å²) in [6.07, 6.45) is 4.80. The number of nitrogens with two attached hydrogens (primary N) is 1. The molecule has 1 fully saturated rings.